The molecule has 1 aromatic heterocycles. The SMILES string of the molecule is CC(C)(C)OC(=O)NC[C@H](Nc1nc(Cl)c(C#N)cc1F)c1cc(F)cc(F)c1. The number of nitrogens with zero attached hydrogens (tertiary/aromatic N) is 2. The van der Waals surface area contributed by atoms with E-state index < -0.39 is 35.2 Å². The molecular formula is C19H18ClF3N4O2. The number of alkyl carbamates (subject to hydrolysis) is 1. The summed E-state index contributed by atoms with van der Waals surface area (Å²) in [6.07, 6.45) is -0.771. The van der Waals surface area contributed by atoms with Crippen molar-refractivity contribution >= 4 is 23.5 Å². The number of halogens is 4. The van der Waals surface area contributed by atoms with Crippen LogP contribution in [0.3, 0.4) is 0 Å². The van der Waals surface area contributed by atoms with E-state index >= 15 is 0 Å². The maximum absolute atomic E-state index is 14.3. The van der Waals surface area contributed by atoms with Crippen molar-refractivity contribution in [1.82, 2.24) is 10.3 Å². The summed E-state index contributed by atoms with van der Waals surface area (Å²) in [5.41, 5.74) is -0.845. The molecule has 0 aliphatic carbocycles. The second kappa shape index (κ2) is 9.01. The van der Waals surface area contributed by atoms with E-state index in [1.54, 1.807) is 26.8 Å². The summed E-state index contributed by atoms with van der Waals surface area (Å²) in [5.74, 6) is -2.95. The first-order chi connectivity index (χ1) is 13.5. The minimum Gasteiger partial charge on any atom is -0.444 e. The number of benzene rings is 1. The quantitative estimate of drug-likeness (QED) is 0.676. The third-order valence-electron chi connectivity index (χ3n) is 3.50. The molecule has 10 heteroatoms. The number of nitriles is 1. The molecule has 0 aliphatic heterocycles. The monoisotopic (exact) mass is 426 g/mol. The van der Waals surface area contributed by atoms with Crippen LogP contribution in [0.15, 0.2) is 24.3 Å². The number of amides is 1. The molecule has 0 spiro atoms. The van der Waals surface area contributed by atoms with Gasteiger partial charge in [0, 0.05) is 12.6 Å². The number of nitrogens with one attached hydrogen (secondary N) is 2. The lowest BCUT2D eigenvalue weighted by atomic mass is 10.1. The van der Waals surface area contributed by atoms with Gasteiger partial charge in [-0.3, -0.25) is 0 Å². The summed E-state index contributed by atoms with van der Waals surface area (Å²) in [5, 5.41) is 13.7. The van der Waals surface area contributed by atoms with Crippen LogP contribution in [-0.2, 0) is 4.74 Å². The van der Waals surface area contributed by atoms with Gasteiger partial charge >= 0.3 is 6.09 Å². The van der Waals surface area contributed by atoms with Crippen LogP contribution in [0.2, 0.25) is 5.15 Å². The van der Waals surface area contributed by atoms with Gasteiger partial charge < -0.3 is 15.4 Å². The van der Waals surface area contributed by atoms with Crippen LogP contribution >= 0.6 is 11.6 Å². The lowest BCUT2D eigenvalue weighted by molar-refractivity contribution is 0.0525. The third-order valence-corrected chi connectivity index (χ3v) is 3.79. The maximum Gasteiger partial charge on any atom is 0.407 e. The fourth-order valence-corrected chi connectivity index (χ4v) is 2.52. The molecule has 2 N–H and O–H groups in total. The largest absolute Gasteiger partial charge is 0.444 e. The highest BCUT2D eigenvalue weighted by Gasteiger charge is 2.21. The Morgan fingerprint density at radius 2 is 1.86 bits per heavy atom. The van der Waals surface area contributed by atoms with Crippen molar-refractivity contribution in [2.24, 2.45) is 0 Å². The van der Waals surface area contributed by atoms with E-state index in [1.165, 1.54) is 0 Å². The van der Waals surface area contributed by atoms with E-state index in [9.17, 15) is 18.0 Å². The normalized spacial score (nSPS) is 12.1. The molecule has 6 nitrogen and oxygen atoms in total. The molecule has 1 amide bonds. The van der Waals surface area contributed by atoms with E-state index in [1.807, 2.05) is 0 Å². The Balaban J connectivity index is 2.31. The van der Waals surface area contributed by atoms with Gasteiger partial charge in [0.15, 0.2) is 11.6 Å². The summed E-state index contributed by atoms with van der Waals surface area (Å²) in [6.45, 7) is 4.80. The Labute approximate surface area is 170 Å². The summed E-state index contributed by atoms with van der Waals surface area (Å²) >= 11 is 5.83. The maximum atomic E-state index is 14.3. The molecule has 2 aromatic rings. The van der Waals surface area contributed by atoms with Crippen LogP contribution < -0.4 is 10.6 Å². The topological polar surface area (TPSA) is 87.0 Å². The summed E-state index contributed by atoms with van der Waals surface area (Å²) < 4.78 is 46.7. The first-order valence-electron chi connectivity index (χ1n) is 8.44. The van der Waals surface area contributed by atoms with Crippen molar-refractivity contribution in [1.29, 1.82) is 5.26 Å². The Kier molecular flexibility index (Phi) is 6.93. The molecule has 0 bridgehead atoms. The molecule has 0 fully saturated rings. The van der Waals surface area contributed by atoms with Gasteiger partial charge in [-0.15, -0.1) is 0 Å². The molecule has 0 aliphatic rings. The molecule has 29 heavy (non-hydrogen) atoms. The Bertz CT molecular complexity index is 937. The number of carbonyl (C=O) groups is 1. The van der Waals surface area contributed by atoms with Gasteiger partial charge in [-0.2, -0.15) is 5.26 Å². The summed E-state index contributed by atoms with van der Waals surface area (Å²) in [6, 6.07) is 4.32. The zero-order valence-electron chi connectivity index (χ0n) is 15.8. The van der Waals surface area contributed by atoms with E-state index in [0.29, 0.717) is 6.07 Å². The van der Waals surface area contributed by atoms with Crippen molar-refractivity contribution < 1.29 is 22.7 Å². The summed E-state index contributed by atoms with van der Waals surface area (Å²) in [4.78, 5) is 15.7. The average Bonchev–Trinajstić information content (AvgIpc) is 2.58. The number of carbonyl (C=O) groups excluding carboxylic acids is 1. The number of ether oxygens (including phenoxy) is 1. The first kappa shape index (κ1) is 22.3. The van der Waals surface area contributed by atoms with Gasteiger partial charge in [0.25, 0.3) is 0 Å². The second-order valence-corrected chi connectivity index (χ2v) is 7.41. The average molecular weight is 427 g/mol. The Morgan fingerprint density at radius 1 is 1.24 bits per heavy atom. The van der Waals surface area contributed by atoms with E-state index in [0.717, 1.165) is 18.2 Å². The first-order valence-corrected chi connectivity index (χ1v) is 8.82. The highest BCUT2D eigenvalue weighted by Crippen LogP contribution is 2.25. The zero-order valence-corrected chi connectivity index (χ0v) is 16.6. The number of anilines is 1. The Hall–Kier alpha value is -2.99. The van der Waals surface area contributed by atoms with E-state index in [2.05, 4.69) is 15.6 Å². The minimum absolute atomic E-state index is 0.0836. The smallest absolute Gasteiger partial charge is 0.407 e. The van der Waals surface area contributed by atoms with Crippen LogP contribution in [0.25, 0.3) is 0 Å². The molecule has 1 heterocycles. The zero-order chi connectivity index (χ0) is 21.8. The van der Waals surface area contributed by atoms with Gasteiger partial charge in [-0.25, -0.2) is 22.9 Å². The molecule has 154 valence electrons. The van der Waals surface area contributed by atoms with Gasteiger partial charge in [0.2, 0.25) is 0 Å². The molecule has 0 saturated heterocycles. The lowest BCUT2D eigenvalue weighted by Crippen LogP contribution is -2.36. The van der Waals surface area contributed by atoms with Gasteiger partial charge in [0.05, 0.1) is 11.6 Å². The minimum atomic E-state index is -0.987. The molecule has 2 rings (SSSR count). The Morgan fingerprint density at radius 3 is 2.41 bits per heavy atom. The van der Waals surface area contributed by atoms with E-state index in [4.69, 9.17) is 21.6 Å². The molecule has 0 radical (unpaired) electrons. The predicted molar refractivity (Wildman–Crippen MR) is 101 cm³/mol. The predicted octanol–water partition coefficient (Wildman–Crippen LogP) is 4.70. The fraction of sp³-hybridized carbons (Fsp3) is 0.316. The number of rotatable bonds is 5. The highest BCUT2D eigenvalue weighted by atomic mass is 35.5. The van der Waals surface area contributed by atoms with Crippen molar-refractivity contribution in [2.45, 2.75) is 32.4 Å². The van der Waals surface area contributed by atoms with Gasteiger partial charge in [-0.05, 0) is 44.5 Å². The van der Waals surface area contributed by atoms with Crippen LogP contribution in [0.5, 0.6) is 0 Å². The second-order valence-electron chi connectivity index (χ2n) is 7.05. The molecule has 0 unspecified atom stereocenters. The van der Waals surface area contributed by atoms with Gasteiger partial charge in [-0.1, -0.05) is 11.6 Å². The lowest BCUT2D eigenvalue weighted by Gasteiger charge is -2.23. The molecular weight excluding hydrogens is 409 g/mol. The van der Waals surface area contributed by atoms with Crippen molar-refractivity contribution in [3.05, 3.63) is 58.0 Å². The van der Waals surface area contributed by atoms with Crippen LogP contribution in [0.1, 0.15) is 37.9 Å². The highest BCUT2D eigenvalue weighted by molar-refractivity contribution is 6.30. The van der Waals surface area contributed by atoms with Crippen molar-refractivity contribution in [3.8, 4) is 6.07 Å². The fourth-order valence-electron chi connectivity index (χ4n) is 2.34. The van der Waals surface area contributed by atoms with Gasteiger partial charge in [0.1, 0.15) is 28.5 Å². The van der Waals surface area contributed by atoms with Crippen LogP contribution in [0, 0.1) is 28.8 Å². The summed E-state index contributed by atoms with van der Waals surface area (Å²) in [7, 11) is 0. The third kappa shape index (κ3) is 6.54. The van der Waals surface area contributed by atoms with Crippen LogP contribution in [-0.4, -0.2) is 23.2 Å². The van der Waals surface area contributed by atoms with E-state index in [-0.39, 0.29) is 28.6 Å². The number of hydrogen-bond donors (Lipinski definition) is 2. The molecule has 1 aromatic carbocycles. The number of hydrogen-bond acceptors (Lipinski definition) is 5. The standard InChI is InChI=1S/C19H18ClF3N4O2/c1-19(2,3)29-18(28)25-9-15(10-4-12(21)7-13(22)5-10)26-17-14(23)6-11(8-24)16(20)27-17/h4-7,15H,9H2,1-3H3,(H,25,28)(H,26,27)/t15-/m0/s1. The number of pyridine rings is 1. The molecule has 1 atom stereocenters. The van der Waals surface area contributed by atoms with Crippen LogP contribution in [0.4, 0.5) is 23.8 Å². The van der Waals surface area contributed by atoms with Crippen molar-refractivity contribution in [3.63, 3.8) is 0 Å². The molecule has 0 saturated carbocycles. The number of aromatic nitrogens is 1. The van der Waals surface area contributed by atoms with Crippen molar-refractivity contribution in [2.75, 3.05) is 11.9 Å².